The van der Waals surface area contributed by atoms with E-state index in [1.807, 2.05) is 0 Å². The molecule has 28 heavy (non-hydrogen) atoms. The van der Waals surface area contributed by atoms with Gasteiger partial charge in [0.25, 0.3) is 0 Å². The summed E-state index contributed by atoms with van der Waals surface area (Å²) in [6, 6.07) is 4.34. The summed E-state index contributed by atoms with van der Waals surface area (Å²) >= 11 is 0. The Morgan fingerprint density at radius 3 is 2.43 bits per heavy atom. The van der Waals surface area contributed by atoms with Crippen molar-refractivity contribution in [3.8, 4) is 0 Å². The molecular formula is C18H21F3N4O3. The lowest BCUT2D eigenvalue weighted by Gasteiger charge is -2.35. The Hall–Kier alpha value is -2.62. The molecule has 3 rings (SSSR count). The first-order valence-corrected chi connectivity index (χ1v) is 9.00. The quantitative estimate of drug-likeness (QED) is 0.795. The molecule has 7 nitrogen and oxygen atoms in total. The smallest absolute Gasteiger partial charge is 0.344 e. The Balaban J connectivity index is 1.49. The summed E-state index contributed by atoms with van der Waals surface area (Å²) in [7, 11) is 0. The van der Waals surface area contributed by atoms with Crippen molar-refractivity contribution in [1.29, 1.82) is 0 Å². The summed E-state index contributed by atoms with van der Waals surface area (Å²) in [5, 5.41) is 4.96. The molecule has 0 unspecified atom stereocenters. The summed E-state index contributed by atoms with van der Waals surface area (Å²) in [6.45, 7) is 1.60. The molecule has 10 heteroatoms. The highest BCUT2D eigenvalue weighted by atomic mass is 19.4. The van der Waals surface area contributed by atoms with Gasteiger partial charge in [0.15, 0.2) is 0 Å². The lowest BCUT2D eigenvalue weighted by atomic mass is 10.1. The van der Waals surface area contributed by atoms with Crippen LogP contribution in [0.15, 0.2) is 24.3 Å². The fourth-order valence-electron chi connectivity index (χ4n) is 3.38. The lowest BCUT2D eigenvalue weighted by Crippen LogP contribution is -2.54. The van der Waals surface area contributed by atoms with Crippen molar-refractivity contribution < 1.29 is 27.6 Å². The Morgan fingerprint density at radius 1 is 1.14 bits per heavy atom. The monoisotopic (exact) mass is 398 g/mol. The van der Waals surface area contributed by atoms with E-state index in [0.717, 1.165) is 6.07 Å². The summed E-state index contributed by atoms with van der Waals surface area (Å²) in [5.74, 6) is -0.804. The second-order valence-electron chi connectivity index (χ2n) is 6.85. The molecule has 0 bridgehead atoms. The van der Waals surface area contributed by atoms with Crippen molar-refractivity contribution in [2.45, 2.75) is 25.1 Å². The van der Waals surface area contributed by atoms with Gasteiger partial charge < -0.3 is 15.5 Å². The number of nitrogens with zero attached hydrogens (tertiary/aromatic N) is 2. The van der Waals surface area contributed by atoms with Crippen LogP contribution in [-0.4, -0.2) is 66.3 Å². The largest absolute Gasteiger partial charge is 0.418 e. The van der Waals surface area contributed by atoms with E-state index < -0.39 is 23.7 Å². The minimum atomic E-state index is -4.55. The molecule has 152 valence electrons. The number of halogens is 3. The predicted molar refractivity (Wildman–Crippen MR) is 94.3 cm³/mol. The van der Waals surface area contributed by atoms with Gasteiger partial charge in [-0.3, -0.25) is 19.3 Å². The van der Waals surface area contributed by atoms with E-state index in [2.05, 4.69) is 10.6 Å². The predicted octanol–water partition coefficient (Wildman–Crippen LogP) is 1.07. The molecule has 2 aliphatic rings. The van der Waals surface area contributed by atoms with Gasteiger partial charge >= 0.3 is 6.18 Å². The van der Waals surface area contributed by atoms with Crippen molar-refractivity contribution in [2.24, 2.45) is 0 Å². The fourth-order valence-corrected chi connectivity index (χ4v) is 3.38. The molecule has 0 radical (unpaired) electrons. The van der Waals surface area contributed by atoms with E-state index in [1.165, 1.54) is 18.2 Å². The van der Waals surface area contributed by atoms with Crippen LogP contribution in [-0.2, 0) is 20.6 Å². The molecule has 0 saturated carbocycles. The van der Waals surface area contributed by atoms with Crippen LogP contribution in [0.1, 0.15) is 18.4 Å². The minimum Gasteiger partial charge on any atom is -0.344 e. The van der Waals surface area contributed by atoms with Gasteiger partial charge in [0.1, 0.15) is 6.04 Å². The van der Waals surface area contributed by atoms with Gasteiger partial charge in [-0.2, -0.15) is 13.2 Å². The number of carbonyl (C=O) groups is 3. The van der Waals surface area contributed by atoms with Crippen LogP contribution in [0.3, 0.4) is 0 Å². The van der Waals surface area contributed by atoms with Crippen molar-refractivity contribution in [3.05, 3.63) is 29.8 Å². The molecule has 3 amide bonds. The third-order valence-electron chi connectivity index (χ3n) is 4.85. The number of hydrogen-bond donors (Lipinski definition) is 2. The normalized spacial score (nSPS) is 20.8. The third kappa shape index (κ3) is 4.80. The number of alkyl halides is 3. The summed E-state index contributed by atoms with van der Waals surface area (Å²) < 4.78 is 39.0. The molecule has 1 aromatic carbocycles. The highest BCUT2D eigenvalue weighted by Gasteiger charge is 2.34. The molecule has 2 fully saturated rings. The van der Waals surface area contributed by atoms with E-state index in [-0.39, 0.29) is 24.0 Å². The van der Waals surface area contributed by atoms with Gasteiger partial charge in [-0.25, -0.2) is 0 Å². The first-order valence-electron chi connectivity index (χ1n) is 9.00. The molecule has 2 heterocycles. The van der Waals surface area contributed by atoms with Gasteiger partial charge in [0.2, 0.25) is 17.7 Å². The SMILES string of the molecule is O=C(CN1CCN(C(=O)[C@@H]2CCC(=O)N2)CC1)Nc1ccccc1C(F)(F)F. The first-order chi connectivity index (χ1) is 13.2. The maximum atomic E-state index is 13.0. The lowest BCUT2D eigenvalue weighted by molar-refractivity contribution is -0.137. The zero-order chi connectivity index (χ0) is 20.3. The topological polar surface area (TPSA) is 81.8 Å². The summed E-state index contributed by atoms with van der Waals surface area (Å²) in [5.41, 5.74) is -1.16. The van der Waals surface area contributed by atoms with Crippen LogP contribution in [0.5, 0.6) is 0 Å². The zero-order valence-electron chi connectivity index (χ0n) is 15.1. The Morgan fingerprint density at radius 2 is 1.82 bits per heavy atom. The second-order valence-corrected chi connectivity index (χ2v) is 6.85. The van der Waals surface area contributed by atoms with Crippen LogP contribution in [0.25, 0.3) is 0 Å². The molecule has 0 aliphatic carbocycles. The molecule has 1 atom stereocenters. The summed E-state index contributed by atoms with van der Waals surface area (Å²) in [6.07, 6.45) is -3.72. The van der Waals surface area contributed by atoms with Gasteiger partial charge in [-0.1, -0.05) is 12.1 Å². The molecule has 1 aromatic rings. The van der Waals surface area contributed by atoms with Crippen LogP contribution in [0.4, 0.5) is 18.9 Å². The summed E-state index contributed by atoms with van der Waals surface area (Å²) in [4.78, 5) is 39.2. The van der Waals surface area contributed by atoms with E-state index in [0.29, 0.717) is 39.0 Å². The van der Waals surface area contributed by atoms with Gasteiger partial charge in [0, 0.05) is 32.6 Å². The molecule has 2 saturated heterocycles. The van der Waals surface area contributed by atoms with Crippen molar-refractivity contribution in [2.75, 3.05) is 38.0 Å². The molecular weight excluding hydrogens is 377 g/mol. The van der Waals surface area contributed by atoms with E-state index in [4.69, 9.17) is 0 Å². The number of anilines is 1. The average Bonchev–Trinajstić information content (AvgIpc) is 3.07. The Labute approximate surface area is 159 Å². The second kappa shape index (κ2) is 8.17. The van der Waals surface area contributed by atoms with Crippen molar-refractivity contribution in [1.82, 2.24) is 15.1 Å². The third-order valence-corrected chi connectivity index (χ3v) is 4.85. The molecule has 2 N–H and O–H groups in total. The van der Waals surface area contributed by atoms with Crippen LogP contribution < -0.4 is 10.6 Å². The number of amides is 3. The van der Waals surface area contributed by atoms with Gasteiger partial charge in [-0.05, 0) is 18.6 Å². The highest BCUT2D eigenvalue weighted by molar-refractivity contribution is 5.93. The number of hydrogen-bond acceptors (Lipinski definition) is 4. The zero-order valence-corrected chi connectivity index (χ0v) is 15.1. The van der Waals surface area contributed by atoms with Gasteiger partial charge in [0.05, 0.1) is 17.8 Å². The van der Waals surface area contributed by atoms with Crippen LogP contribution >= 0.6 is 0 Å². The van der Waals surface area contributed by atoms with Crippen molar-refractivity contribution in [3.63, 3.8) is 0 Å². The number of para-hydroxylation sites is 1. The number of benzene rings is 1. The van der Waals surface area contributed by atoms with E-state index >= 15 is 0 Å². The molecule has 0 spiro atoms. The maximum absolute atomic E-state index is 13.0. The van der Waals surface area contributed by atoms with Crippen molar-refractivity contribution >= 4 is 23.4 Å². The maximum Gasteiger partial charge on any atom is 0.418 e. The average molecular weight is 398 g/mol. The first kappa shape index (κ1) is 20.1. The fraction of sp³-hybridized carbons (Fsp3) is 0.500. The molecule has 0 aromatic heterocycles. The van der Waals surface area contributed by atoms with E-state index in [9.17, 15) is 27.6 Å². The number of carbonyl (C=O) groups excluding carboxylic acids is 3. The Kier molecular flexibility index (Phi) is 5.87. The standard InChI is InChI=1S/C18H21F3N4O3/c19-18(20,21)12-3-1-2-4-13(12)22-16(27)11-24-7-9-25(10-8-24)17(28)14-5-6-15(26)23-14/h1-4,14H,5-11H2,(H,22,27)(H,23,26)/t14-/m0/s1. The van der Waals surface area contributed by atoms with Crippen LogP contribution in [0, 0.1) is 0 Å². The molecule has 2 aliphatic heterocycles. The van der Waals surface area contributed by atoms with Crippen LogP contribution in [0.2, 0.25) is 0 Å². The Bertz CT molecular complexity index is 761. The number of nitrogens with one attached hydrogen (secondary N) is 2. The number of rotatable bonds is 4. The number of piperazine rings is 1. The highest BCUT2D eigenvalue weighted by Crippen LogP contribution is 2.34. The minimum absolute atomic E-state index is 0.0611. The van der Waals surface area contributed by atoms with Gasteiger partial charge in [-0.15, -0.1) is 0 Å². The van der Waals surface area contributed by atoms with E-state index in [1.54, 1.807) is 9.80 Å².